The van der Waals surface area contributed by atoms with Crippen LogP contribution in [0.5, 0.6) is 5.75 Å². The zero-order chi connectivity index (χ0) is 17.9. The van der Waals surface area contributed by atoms with Gasteiger partial charge >= 0.3 is 0 Å². The number of pyridine rings is 1. The molecule has 1 aromatic carbocycles. The van der Waals surface area contributed by atoms with Crippen LogP contribution < -0.4 is 4.74 Å². The molecule has 7 nitrogen and oxygen atoms in total. The molecule has 0 atom stereocenters. The summed E-state index contributed by atoms with van der Waals surface area (Å²) in [5.74, 6) is 1.69. The number of hydrogen-bond acceptors (Lipinski definition) is 6. The minimum Gasteiger partial charge on any atom is -0.485 e. The predicted octanol–water partition coefficient (Wildman–Crippen LogP) is 3.42. The Morgan fingerprint density at radius 2 is 1.92 bits per heavy atom. The fraction of sp³-hybridized carbons (Fsp3) is 0.158. The number of rotatable bonds is 5. The molecule has 0 N–H and O–H groups in total. The van der Waals surface area contributed by atoms with E-state index in [2.05, 4.69) is 20.2 Å². The Balaban J connectivity index is 1.58. The molecule has 7 heteroatoms. The van der Waals surface area contributed by atoms with Crippen molar-refractivity contribution in [3.05, 3.63) is 66.4 Å². The number of para-hydroxylation sites is 1. The molecule has 0 aliphatic heterocycles. The first-order valence-electron chi connectivity index (χ1n) is 8.16. The number of aromatic nitrogens is 5. The van der Waals surface area contributed by atoms with Crippen LogP contribution in [-0.2, 0) is 13.7 Å². The summed E-state index contributed by atoms with van der Waals surface area (Å²) in [6, 6.07) is 11.6. The lowest BCUT2D eigenvalue weighted by molar-refractivity contribution is 0.285. The second kappa shape index (κ2) is 6.79. The summed E-state index contributed by atoms with van der Waals surface area (Å²) in [6.07, 6.45) is 5.31. The zero-order valence-electron chi connectivity index (χ0n) is 14.5. The minimum absolute atomic E-state index is 0.235. The molecule has 0 bridgehead atoms. The van der Waals surface area contributed by atoms with Gasteiger partial charge in [0.05, 0.1) is 5.56 Å². The van der Waals surface area contributed by atoms with E-state index >= 15 is 0 Å². The summed E-state index contributed by atoms with van der Waals surface area (Å²) in [5.41, 5.74) is 3.54. The molecule has 130 valence electrons. The van der Waals surface area contributed by atoms with Crippen LogP contribution in [0.3, 0.4) is 0 Å². The van der Waals surface area contributed by atoms with Crippen LogP contribution in [0.4, 0.5) is 0 Å². The van der Waals surface area contributed by atoms with Crippen molar-refractivity contribution in [2.75, 3.05) is 0 Å². The van der Waals surface area contributed by atoms with E-state index in [0.717, 1.165) is 28.1 Å². The molecule has 26 heavy (non-hydrogen) atoms. The van der Waals surface area contributed by atoms with E-state index in [1.165, 1.54) is 0 Å². The Labute approximate surface area is 150 Å². The van der Waals surface area contributed by atoms with Gasteiger partial charge in [-0.15, -0.1) is 0 Å². The highest BCUT2D eigenvalue weighted by molar-refractivity contribution is 5.75. The van der Waals surface area contributed by atoms with Crippen molar-refractivity contribution in [1.29, 1.82) is 0 Å². The van der Waals surface area contributed by atoms with E-state index in [1.54, 1.807) is 17.1 Å². The molecular weight excluding hydrogens is 330 g/mol. The lowest BCUT2D eigenvalue weighted by Crippen LogP contribution is -1.98. The van der Waals surface area contributed by atoms with Gasteiger partial charge in [0.25, 0.3) is 5.89 Å². The molecule has 4 aromatic rings. The Kier molecular flexibility index (Phi) is 4.18. The van der Waals surface area contributed by atoms with Crippen molar-refractivity contribution in [2.24, 2.45) is 7.05 Å². The molecule has 3 heterocycles. The van der Waals surface area contributed by atoms with Crippen LogP contribution in [0.2, 0.25) is 0 Å². The quantitative estimate of drug-likeness (QED) is 0.550. The number of aryl methyl sites for hydroxylation is 2. The topological polar surface area (TPSA) is 78.9 Å². The Morgan fingerprint density at radius 3 is 2.73 bits per heavy atom. The van der Waals surface area contributed by atoms with Crippen molar-refractivity contribution in [1.82, 2.24) is 24.9 Å². The minimum atomic E-state index is 0.235. The third-order valence-corrected chi connectivity index (χ3v) is 3.93. The molecule has 4 rings (SSSR count). The maximum atomic E-state index is 5.78. The second-order valence-corrected chi connectivity index (χ2v) is 5.87. The van der Waals surface area contributed by atoms with Crippen molar-refractivity contribution in [2.45, 2.75) is 13.5 Å². The van der Waals surface area contributed by atoms with Crippen LogP contribution in [0.25, 0.3) is 22.7 Å². The van der Waals surface area contributed by atoms with Crippen molar-refractivity contribution >= 4 is 0 Å². The maximum absolute atomic E-state index is 5.78. The summed E-state index contributed by atoms with van der Waals surface area (Å²) in [5, 5.41) is 8.52. The van der Waals surface area contributed by atoms with E-state index in [0.29, 0.717) is 11.7 Å². The molecule has 0 unspecified atom stereocenters. The first-order chi connectivity index (χ1) is 12.7. The predicted molar refractivity (Wildman–Crippen MR) is 95.2 cm³/mol. The van der Waals surface area contributed by atoms with Gasteiger partial charge in [-0.3, -0.25) is 9.67 Å². The van der Waals surface area contributed by atoms with Gasteiger partial charge < -0.3 is 9.26 Å². The van der Waals surface area contributed by atoms with Gasteiger partial charge in [0.1, 0.15) is 11.4 Å². The van der Waals surface area contributed by atoms with Crippen molar-refractivity contribution < 1.29 is 9.26 Å². The standard InChI is InChI=1S/C19H17N5O2/c1-13-5-3-4-6-16(13)25-12-17-21-19(26-23-17)15-11-24(2)22-18(15)14-7-9-20-10-8-14/h3-11H,12H2,1-2H3. The highest BCUT2D eigenvalue weighted by atomic mass is 16.5. The fourth-order valence-corrected chi connectivity index (χ4v) is 2.65. The first kappa shape index (κ1) is 16.0. The number of ether oxygens (including phenoxy) is 1. The molecule has 3 aromatic heterocycles. The summed E-state index contributed by atoms with van der Waals surface area (Å²) in [4.78, 5) is 8.49. The summed E-state index contributed by atoms with van der Waals surface area (Å²) in [6.45, 7) is 2.23. The van der Waals surface area contributed by atoms with E-state index in [4.69, 9.17) is 9.26 Å². The van der Waals surface area contributed by atoms with Gasteiger partial charge in [0.2, 0.25) is 5.82 Å². The van der Waals surface area contributed by atoms with Crippen LogP contribution in [-0.4, -0.2) is 24.9 Å². The highest BCUT2D eigenvalue weighted by Gasteiger charge is 2.18. The van der Waals surface area contributed by atoms with E-state index in [1.807, 2.05) is 56.6 Å². The summed E-state index contributed by atoms with van der Waals surface area (Å²) < 4.78 is 12.9. The van der Waals surface area contributed by atoms with Gasteiger partial charge in [-0.2, -0.15) is 10.1 Å². The molecule has 0 saturated carbocycles. The number of hydrogen-bond donors (Lipinski definition) is 0. The second-order valence-electron chi connectivity index (χ2n) is 5.87. The van der Waals surface area contributed by atoms with Gasteiger partial charge in [-0.05, 0) is 30.7 Å². The van der Waals surface area contributed by atoms with E-state index < -0.39 is 0 Å². The van der Waals surface area contributed by atoms with Crippen LogP contribution in [0, 0.1) is 6.92 Å². The molecule has 0 amide bonds. The van der Waals surface area contributed by atoms with E-state index in [-0.39, 0.29) is 6.61 Å². The van der Waals surface area contributed by atoms with Gasteiger partial charge in [-0.1, -0.05) is 23.4 Å². The summed E-state index contributed by atoms with van der Waals surface area (Å²) >= 11 is 0. The molecule has 0 saturated heterocycles. The fourth-order valence-electron chi connectivity index (χ4n) is 2.65. The SMILES string of the molecule is Cc1ccccc1OCc1noc(-c2cn(C)nc2-c2ccncc2)n1. The first-order valence-corrected chi connectivity index (χ1v) is 8.16. The Bertz CT molecular complexity index is 1020. The van der Waals surface area contributed by atoms with Gasteiger partial charge in [0.15, 0.2) is 6.61 Å². The molecule has 0 radical (unpaired) electrons. The molecular formula is C19H17N5O2. The lowest BCUT2D eigenvalue weighted by atomic mass is 10.1. The Hall–Kier alpha value is -3.48. The largest absolute Gasteiger partial charge is 0.485 e. The molecule has 0 spiro atoms. The van der Waals surface area contributed by atoms with Crippen molar-refractivity contribution in [3.8, 4) is 28.5 Å². The van der Waals surface area contributed by atoms with Gasteiger partial charge in [0, 0.05) is 31.2 Å². The molecule has 0 aliphatic rings. The van der Waals surface area contributed by atoms with Gasteiger partial charge in [-0.25, -0.2) is 0 Å². The molecule has 0 aliphatic carbocycles. The Morgan fingerprint density at radius 1 is 1.12 bits per heavy atom. The number of nitrogens with zero attached hydrogens (tertiary/aromatic N) is 5. The smallest absolute Gasteiger partial charge is 0.261 e. The maximum Gasteiger partial charge on any atom is 0.261 e. The highest BCUT2D eigenvalue weighted by Crippen LogP contribution is 2.29. The average Bonchev–Trinajstić information content (AvgIpc) is 3.28. The normalized spacial score (nSPS) is 10.8. The third kappa shape index (κ3) is 3.19. The monoisotopic (exact) mass is 347 g/mol. The summed E-state index contributed by atoms with van der Waals surface area (Å²) in [7, 11) is 1.85. The third-order valence-electron chi connectivity index (χ3n) is 3.93. The van der Waals surface area contributed by atoms with Crippen LogP contribution in [0.1, 0.15) is 11.4 Å². The average molecular weight is 347 g/mol. The zero-order valence-corrected chi connectivity index (χ0v) is 14.5. The van der Waals surface area contributed by atoms with Crippen LogP contribution in [0.15, 0.2) is 59.5 Å². The van der Waals surface area contributed by atoms with Crippen LogP contribution >= 0.6 is 0 Å². The van der Waals surface area contributed by atoms with E-state index in [9.17, 15) is 0 Å². The van der Waals surface area contributed by atoms with Crippen molar-refractivity contribution in [3.63, 3.8) is 0 Å². The lowest BCUT2D eigenvalue weighted by Gasteiger charge is -2.05. The number of benzene rings is 1. The molecule has 0 fully saturated rings.